The number of carbonyl (C=O) groups is 1. The predicted molar refractivity (Wildman–Crippen MR) is 130 cm³/mol. The first-order chi connectivity index (χ1) is 16.2. The summed E-state index contributed by atoms with van der Waals surface area (Å²) < 4.78 is 24.7. The number of carbonyl (C=O) groups excluding carboxylic acids is 1. The third-order valence-corrected chi connectivity index (χ3v) is 7.49. The topological polar surface area (TPSA) is 55.8 Å². The molecule has 3 aromatic carbocycles. The molecule has 2 aliphatic rings. The highest BCUT2D eigenvalue weighted by molar-refractivity contribution is 7.95. The fourth-order valence-corrected chi connectivity index (χ4v) is 5.72. The van der Waals surface area contributed by atoms with Crippen molar-refractivity contribution < 1.29 is 18.5 Å². The molecule has 1 atom stereocenters. The van der Waals surface area contributed by atoms with Gasteiger partial charge in [0.2, 0.25) is 0 Å². The van der Waals surface area contributed by atoms with Crippen LogP contribution in [0.1, 0.15) is 21.5 Å². The number of Topliss-reactive ketones (excluding diaryl/α,β-unsaturated/α-hetero) is 1. The average molecular weight is 460 g/mol. The second kappa shape index (κ2) is 9.83. The molecule has 5 nitrogen and oxygen atoms in total. The molecule has 0 bridgehead atoms. The van der Waals surface area contributed by atoms with Crippen LogP contribution in [0.2, 0.25) is 0 Å². The van der Waals surface area contributed by atoms with Gasteiger partial charge in [-0.2, -0.15) is 0 Å². The monoisotopic (exact) mass is 459 g/mol. The molecule has 1 fully saturated rings. The number of nitrogens with zero attached hydrogens (tertiary/aromatic N) is 1. The van der Waals surface area contributed by atoms with Crippen molar-refractivity contribution >= 4 is 27.1 Å². The number of benzene rings is 3. The molecule has 6 heteroatoms. The van der Waals surface area contributed by atoms with Gasteiger partial charge >= 0.3 is 0 Å². The van der Waals surface area contributed by atoms with E-state index in [4.69, 9.17) is 9.47 Å². The summed E-state index contributed by atoms with van der Waals surface area (Å²) in [6.45, 7) is 4.85. The fraction of sp³-hybridized carbons (Fsp3) is 0.222. The Morgan fingerprint density at radius 2 is 1.61 bits per heavy atom. The number of ketones is 1. The zero-order valence-electron chi connectivity index (χ0n) is 18.2. The van der Waals surface area contributed by atoms with Gasteiger partial charge in [-0.25, -0.2) is 4.21 Å². The van der Waals surface area contributed by atoms with Gasteiger partial charge in [0.15, 0.2) is 5.78 Å². The number of hydrogen-bond acceptors (Lipinski definition) is 5. The van der Waals surface area contributed by atoms with E-state index in [2.05, 4.69) is 4.90 Å². The summed E-state index contributed by atoms with van der Waals surface area (Å²) in [7, 11) is -1.43. The van der Waals surface area contributed by atoms with Crippen LogP contribution in [-0.2, 0) is 15.5 Å². The van der Waals surface area contributed by atoms with Gasteiger partial charge in [-0.3, -0.25) is 9.69 Å². The van der Waals surface area contributed by atoms with Crippen LogP contribution < -0.4 is 4.74 Å². The lowest BCUT2D eigenvalue weighted by Crippen LogP contribution is -2.38. The summed E-state index contributed by atoms with van der Waals surface area (Å²) in [4.78, 5) is 17.0. The quantitative estimate of drug-likeness (QED) is 0.494. The second-order valence-electron chi connectivity index (χ2n) is 7.99. The van der Waals surface area contributed by atoms with E-state index in [-0.39, 0.29) is 5.78 Å². The summed E-state index contributed by atoms with van der Waals surface area (Å²) >= 11 is 0. The summed E-state index contributed by atoms with van der Waals surface area (Å²) in [5, 5.41) is 0. The molecule has 3 aromatic rings. The Bertz CT molecular complexity index is 1200. The molecule has 0 amide bonds. The highest BCUT2D eigenvalue weighted by atomic mass is 32.2. The molecule has 0 aromatic heterocycles. The number of hydrogen-bond donors (Lipinski definition) is 0. The molecule has 2 heterocycles. The van der Waals surface area contributed by atoms with Crippen LogP contribution >= 0.6 is 0 Å². The van der Waals surface area contributed by atoms with Gasteiger partial charge in [0, 0.05) is 36.3 Å². The maximum absolute atomic E-state index is 13.5. The predicted octanol–water partition coefficient (Wildman–Crippen LogP) is 4.27. The Morgan fingerprint density at radius 3 is 2.36 bits per heavy atom. The molecule has 0 N–H and O–H groups in total. The molecule has 0 radical (unpaired) electrons. The van der Waals surface area contributed by atoms with Gasteiger partial charge in [0.1, 0.15) is 12.4 Å². The minimum absolute atomic E-state index is 0.116. The third-order valence-electron chi connectivity index (χ3n) is 5.93. The van der Waals surface area contributed by atoms with Crippen molar-refractivity contribution in [3.8, 4) is 5.75 Å². The van der Waals surface area contributed by atoms with E-state index in [0.717, 1.165) is 49.7 Å². The SMILES string of the molecule is O=C(C1=C(c2ccc(OCCN3CCOCC3)cc2)S(=O)c2ccccc21)c1ccccc1. The Morgan fingerprint density at radius 1 is 0.909 bits per heavy atom. The maximum atomic E-state index is 13.5. The molecule has 0 aliphatic carbocycles. The molecule has 2 aliphatic heterocycles. The summed E-state index contributed by atoms with van der Waals surface area (Å²) in [5.74, 6) is 0.638. The van der Waals surface area contributed by atoms with Gasteiger partial charge in [-0.1, -0.05) is 60.7 Å². The Labute approximate surface area is 196 Å². The fourth-order valence-electron chi connectivity index (χ4n) is 4.19. The summed E-state index contributed by atoms with van der Waals surface area (Å²) in [5.41, 5.74) is 2.60. The highest BCUT2D eigenvalue weighted by Crippen LogP contribution is 2.43. The van der Waals surface area contributed by atoms with Crippen LogP contribution in [0, 0.1) is 0 Å². The molecular weight excluding hydrogens is 434 g/mol. The van der Waals surface area contributed by atoms with E-state index in [1.54, 1.807) is 12.1 Å². The smallest absolute Gasteiger partial charge is 0.194 e. The van der Waals surface area contributed by atoms with Gasteiger partial charge in [0.25, 0.3) is 0 Å². The molecule has 33 heavy (non-hydrogen) atoms. The first kappa shape index (κ1) is 21.8. The van der Waals surface area contributed by atoms with Gasteiger partial charge in [-0.15, -0.1) is 0 Å². The number of rotatable bonds is 7. The van der Waals surface area contributed by atoms with Gasteiger partial charge in [-0.05, 0) is 23.8 Å². The van der Waals surface area contributed by atoms with Crippen molar-refractivity contribution in [1.29, 1.82) is 0 Å². The van der Waals surface area contributed by atoms with E-state index < -0.39 is 10.8 Å². The van der Waals surface area contributed by atoms with Crippen molar-refractivity contribution in [3.05, 3.63) is 95.6 Å². The minimum atomic E-state index is -1.43. The van der Waals surface area contributed by atoms with Crippen LogP contribution in [0.5, 0.6) is 5.75 Å². The number of fused-ring (bicyclic) bond motifs is 1. The van der Waals surface area contributed by atoms with Crippen molar-refractivity contribution in [2.75, 3.05) is 39.5 Å². The lowest BCUT2D eigenvalue weighted by atomic mass is 9.95. The Hall–Kier alpha value is -3.06. The molecule has 5 rings (SSSR count). The number of allylic oxidation sites excluding steroid dienone is 1. The van der Waals surface area contributed by atoms with Gasteiger partial charge in [0.05, 0.1) is 33.8 Å². The van der Waals surface area contributed by atoms with Gasteiger partial charge < -0.3 is 9.47 Å². The maximum Gasteiger partial charge on any atom is 0.194 e. The molecule has 1 saturated heterocycles. The Balaban J connectivity index is 1.41. The number of morpholine rings is 1. The first-order valence-corrected chi connectivity index (χ1v) is 12.3. The number of ether oxygens (including phenoxy) is 2. The van der Waals surface area contributed by atoms with E-state index in [0.29, 0.717) is 27.5 Å². The first-order valence-electron chi connectivity index (χ1n) is 11.1. The lowest BCUT2D eigenvalue weighted by molar-refractivity contribution is 0.0322. The van der Waals surface area contributed by atoms with Crippen LogP contribution in [0.4, 0.5) is 0 Å². The van der Waals surface area contributed by atoms with Crippen molar-refractivity contribution in [2.24, 2.45) is 0 Å². The van der Waals surface area contributed by atoms with Crippen LogP contribution in [0.3, 0.4) is 0 Å². The minimum Gasteiger partial charge on any atom is -0.492 e. The summed E-state index contributed by atoms with van der Waals surface area (Å²) in [6.07, 6.45) is 0. The van der Waals surface area contributed by atoms with E-state index in [1.165, 1.54) is 0 Å². The average Bonchev–Trinajstić information content (AvgIpc) is 3.17. The van der Waals surface area contributed by atoms with E-state index in [1.807, 2.05) is 66.7 Å². The second-order valence-corrected chi connectivity index (χ2v) is 9.38. The normalized spacial score (nSPS) is 18.2. The molecule has 1 unspecified atom stereocenters. The standard InChI is InChI=1S/C27H25NO4S/c29-26(20-6-2-1-3-7-20)25-23-8-4-5-9-24(23)33(30)27(25)21-10-12-22(13-11-21)32-19-16-28-14-17-31-18-15-28/h1-13H,14-19H2. The Kier molecular flexibility index (Phi) is 6.48. The van der Waals surface area contributed by atoms with Crippen molar-refractivity contribution in [1.82, 2.24) is 4.90 Å². The van der Waals surface area contributed by atoms with Crippen molar-refractivity contribution in [2.45, 2.75) is 4.90 Å². The van der Waals surface area contributed by atoms with Crippen molar-refractivity contribution in [3.63, 3.8) is 0 Å². The zero-order valence-corrected chi connectivity index (χ0v) is 19.1. The van der Waals surface area contributed by atoms with E-state index in [9.17, 15) is 9.00 Å². The van der Waals surface area contributed by atoms with E-state index >= 15 is 0 Å². The molecule has 0 spiro atoms. The molecule has 0 saturated carbocycles. The molecule has 168 valence electrons. The van der Waals surface area contributed by atoms with Crippen LogP contribution in [0.25, 0.3) is 10.5 Å². The van der Waals surface area contributed by atoms with Crippen LogP contribution in [0.15, 0.2) is 83.8 Å². The highest BCUT2D eigenvalue weighted by Gasteiger charge is 2.33. The molecular formula is C27H25NO4S. The van der Waals surface area contributed by atoms with Crippen LogP contribution in [-0.4, -0.2) is 54.3 Å². The summed E-state index contributed by atoms with van der Waals surface area (Å²) in [6, 6.07) is 24.1. The zero-order chi connectivity index (χ0) is 22.6. The lowest BCUT2D eigenvalue weighted by Gasteiger charge is -2.26. The largest absolute Gasteiger partial charge is 0.492 e. The third kappa shape index (κ3) is 4.55.